The molecule has 7 aromatic rings. The lowest BCUT2D eigenvalue weighted by Gasteiger charge is -2.39. The minimum absolute atomic E-state index is 0.00882. The van der Waals surface area contributed by atoms with Gasteiger partial charge in [0.05, 0.1) is 32.7 Å². The number of carboxylic acids is 1. The van der Waals surface area contributed by atoms with Gasteiger partial charge in [-0.25, -0.2) is 13.8 Å². The zero-order valence-electron chi connectivity index (χ0n) is 51.5. The van der Waals surface area contributed by atoms with Crippen LogP contribution in [-0.4, -0.2) is 156 Å². The Morgan fingerprint density at radius 1 is 0.660 bits per heavy atom. The van der Waals surface area contributed by atoms with E-state index >= 15 is 14.4 Å². The lowest BCUT2D eigenvalue weighted by atomic mass is 9.90. The van der Waals surface area contributed by atoms with Crippen LogP contribution in [0.4, 0.5) is 8.78 Å². The van der Waals surface area contributed by atoms with Crippen LogP contribution in [0, 0.1) is 11.6 Å². The van der Waals surface area contributed by atoms with Crippen molar-refractivity contribution >= 4 is 86.8 Å². The molecule has 1 saturated heterocycles. The number of nitrogens with two attached hydrogens (primary N) is 1. The van der Waals surface area contributed by atoms with Crippen molar-refractivity contribution in [1.82, 2.24) is 67.4 Å². The maximum absolute atomic E-state index is 15.3. The van der Waals surface area contributed by atoms with E-state index in [1.54, 1.807) is 55.5 Å². The molecule has 10 amide bonds. The van der Waals surface area contributed by atoms with Crippen molar-refractivity contribution in [3.63, 3.8) is 0 Å². The first kappa shape index (κ1) is 67.4. The first-order chi connectivity index (χ1) is 45.0. The molecule has 3 aromatic heterocycles. The van der Waals surface area contributed by atoms with E-state index in [9.17, 15) is 52.2 Å². The second-order valence-corrected chi connectivity index (χ2v) is 23.3. The third kappa shape index (κ3) is 16.5. The van der Waals surface area contributed by atoms with Gasteiger partial charge in [-0.3, -0.25) is 52.7 Å². The van der Waals surface area contributed by atoms with Crippen molar-refractivity contribution in [3.8, 4) is 5.75 Å². The number of carboxylic acid groups (broad SMARTS) is 1. The second kappa shape index (κ2) is 30.0. The number of aliphatic carboxylic acids is 1. The Hall–Kier alpha value is -11.0. The summed E-state index contributed by atoms with van der Waals surface area (Å²) < 4.78 is 35.0. The number of carbonyl (C=O) groups is 11. The van der Waals surface area contributed by atoms with Gasteiger partial charge < -0.3 is 78.0 Å². The molecule has 0 spiro atoms. The van der Waals surface area contributed by atoms with Crippen molar-refractivity contribution < 1.29 is 71.4 Å². The number of amides is 10. The Bertz CT molecular complexity index is 3990. The number of carbonyl (C=O) groups excluding carboxylic acids is 10. The summed E-state index contributed by atoms with van der Waals surface area (Å²) in [7, 11) is 1.45. The number of primary amides is 1. The third-order valence-electron chi connectivity index (χ3n) is 16.9. The zero-order valence-corrected chi connectivity index (χ0v) is 51.5. The second-order valence-electron chi connectivity index (χ2n) is 23.3. The van der Waals surface area contributed by atoms with Gasteiger partial charge in [0.1, 0.15) is 65.2 Å². The summed E-state index contributed by atoms with van der Waals surface area (Å²) in [6.07, 6.45) is 2.57. The highest BCUT2D eigenvalue weighted by atomic mass is 19.1. The van der Waals surface area contributed by atoms with Crippen LogP contribution in [0.5, 0.6) is 5.75 Å². The summed E-state index contributed by atoms with van der Waals surface area (Å²) in [5.41, 5.74) is 7.43. The first-order valence-corrected chi connectivity index (χ1v) is 30.4. The maximum atomic E-state index is 15.3. The number of rotatable bonds is 13. The molecular formula is C65H72F2N14O13. The molecule has 0 unspecified atom stereocenters. The number of nitrogens with zero attached hydrogens (tertiary/aromatic N) is 2. The minimum Gasteiger partial charge on any atom is -0.497 e. The van der Waals surface area contributed by atoms with E-state index in [0.717, 1.165) is 0 Å². The fraction of sp³-hybridized carbons (Fsp3) is 0.354. The molecule has 8 atom stereocenters. The predicted molar refractivity (Wildman–Crippen MR) is 334 cm³/mol. The number of ether oxygens (including phenoxy) is 1. The van der Waals surface area contributed by atoms with E-state index in [1.165, 1.54) is 80.2 Å². The molecule has 494 valence electrons. The highest BCUT2D eigenvalue weighted by molar-refractivity contribution is 6.01. The molecule has 2 bridgehead atoms. The summed E-state index contributed by atoms with van der Waals surface area (Å²) >= 11 is 0. The Kier molecular flexibility index (Phi) is 21.5. The van der Waals surface area contributed by atoms with E-state index in [-0.39, 0.29) is 74.7 Å². The summed E-state index contributed by atoms with van der Waals surface area (Å²) in [5, 5.41) is 31.8. The molecule has 4 aromatic carbocycles. The number of benzene rings is 4. The number of hydrogen-bond acceptors (Lipinski definition) is 13. The average Bonchev–Trinajstić information content (AvgIpc) is 1.58. The predicted octanol–water partition coefficient (Wildman–Crippen LogP) is 1.34. The molecule has 0 radical (unpaired) electrons. The van der Waals surface area contributed by atoms with Gasteiger partial charge in [0, 0.05) is 84.9 Å². The van der Waals surface area contributed by atoms with Crippen LogP contribution in [-0.2, 0) is 91.4 Å². The molecule has 1 fully saturated rings. The van der Waals surface area contributed by atoms with Crippen molar-refractivity contribution in [2.45, 2.75) is 132 Å². The largest absolute Gasteiger partial charge is 0.497 e. The number of methoxy groups -OCH3 is 1. The molecule has 3 aliphatic rings. The van der Waals surface area contributed by atoms with Crippen LogP contribution in [0.2, 0.25) is 0 Å². The Morgan fingerprint density at radius 3 is 1.77 bits per heavy atom. The molecule has 0 aliphatic carbocycles. The Morgan fingerprint density at radius 2 is 1.21 bits per heavy atom. The van der Waals surface area contributed by atoms with Crippen molar-refractivity contribution in [2.75, 3.05) is 13.7 Å². The van der Waals surface area contributed by atoms with E-state index in [1.807, 2.05) is 0 Å². The highest BCUT2D eigenvalue weighted by Gasteiger charge is 2.51. The van der Waals surface area contributed by atoms with Gasteiger partial charge in [-0.2, -0.15) is 0 Å². The van der Waals surface area contributed by atoms with Crippen LogP contribution in [0.3, 0.4) is 0 Å². The van der Waals surface area contributed by atoms with Crippen LogP contribution in [0.25, 0.3) is 21.8 Å². The zero-order chi connectivity index (χ0) is 67.4. The van der Waals surface area contributed by atoms with Crippen molar-refractivity contribution in [1.29, 1.82) is 0 Å². The minimum atomic E-state index is -2.03. The number of halogens is 2. The van der Waals surface area contributed by atoms with Gasteiger partial charge in [-0.05, 0) is 103 Å². The number of imidazole rings is 1. The summed E-state index contributed by atoms with van der Waals surface area (Å²) in [4.78, 5) is 171. The van der Waals surface area contributed by atoms with Crippen LogP contribution in [0.1, 0.15) is 79.5 Å². The Balaban J connectivity index is 1.09. The number of fused-ring (bicyclic) bond motifs is 29. The van der Waals surface area contributed by atoms with Gasteiger partial charge in [-0.1, -0.05) is 43.3 Å². The van der Waals surface area contributed by atoms with Crippen LogP contribution >= 0.6 is 0 Å². The fourth-order valence-corrected chi connectivity index (χ4v) is 11.7. The molecule has 10 rings (SSSR count). The number of H-pyrrole nitrogens is 3. The SMILES string of the molecule is CC[C@@]12CCCN1C(=O)[C@H](Cc1ccc(OC)cc1)NC(=O)[C@H](Cc1cnc[nH]1)NC(=O)[C@H](CC(=O)O)NC(=O)[C@H](Cc1c[nH]c3ccc(F)cc13)NC(=O)[C@H](Cc1c[nH]c3ccc(F)cc13)NC(=O)[C@@H](C)NC(=O)Cc1ccc(cc1)CNC(=O)C[C@@H](C(N)=O)NC2=O. The normalized spacial score (nSPS) is 22.8. The lowest BCUT2D eigenvalue weighted by molar-refractivity contribution is -0.148. The number of nitrogens with one attached hydrogen (secondary N) is 11. The fourth-order valence-electron chi connectivity index (χ4n) is 11.7. The molecule has 14 N–H and O–H groups in total. The molecular weight excluding hydrogens is 1220 g/mol. The topological polar surface area (TPSA) is 403 Å². The van der Waals surface area contributed by atoms with Crippen molar-refractivity contribution in [3.05, 3.63) is 155 Å². The van der Waals surface area contributed by atoms with Crippen LogP contribution in [0.15, 0.2) is 110 Å². The molecule has 3 aliphatic heterocycles. The lowest BCUT2D eigenvalue weighted by Crippen LogP contribution is -2.64. The molecule has 29 heteroatoms. The van der Waals surface area contributed by atoms with Crippen molar-refractivity contribution in [2.24, 2.45) is 5.73 Å². The standard InChI is InChI=1S/C65H72F2N14O13/c1-4-65-18-5-19-81(65)63(92)53(20-35-10-14-43(94-3)15-11-35)79-61(90)51(26-42-32-69-33-73-42)77-62(91)52(28-56(84)85)78-60(89)50(23-39-31-71-47-17-13-41(67)25-45(39)47)76-59(88)49(22-38-30-70-46-16-12-40(66)24-44(38)46)75-58(87)34(2)74-55(83)21-36-6-8-37(9-7-36)29-72-54(82)27-48(57(68)86)80-64(65)93/h6-17,24-25,30-34,48-53,70-71H,4-5,18-23,26-29H2,1-3H3,(H2,68,86)(H,69,73)(H,72,82)(H,74,83)(H,75,87)(H,76,88)(H,77,91)(H,78,89)(H,79,90)(H,80,93)(H,84,85)/t34-,48+,49+,50+,51+,52+,53+,65+/m1/s1. The first-order valence-electron chi connectivity index (χ1n) is 30.4. The van der Waals surface area contributed by atoms with Gasteiger partial charge >= 0.3 is 5.97 Å². The number of aromatic nitrogens is 4. The van der Waals surface area contributed by atoms with E-state index in [2.05, 4.69) is 62.5 Å². The summed E-state index contributed by atoms with van der Waals surface area (Å²) in [6, 6.07) is 9.19. The number of hydrogen-bond donors (Lipinski definition) is 13. The quantitative estimate of drug-likeness (QED) is 0.0725. The third-order valence-corrected chi connectivity index (χ3v) is 16.9. The molecule has 0 saturated carbocycles. The van der Waals surface area contributed by atoms with Gasteiger partial charge in [0.2, 0.25) is 59.1 Å². The average molecular weight is 1300 g/mol. The molecule has 94 heavy (non-hydrogen) atoms. The molecule has 6 heterocycles. The monoisotopic (exact) mass is 1290 g/mol. The van der Waals surface area contributed by atoms with Gasteiger partial charge in [0.25, 0.3) is 0 Å². The van der Waals surface area contributed by atoms with Crippen LogP contribution < -0.4 is 53.0 Å². The Labute approximate surface area is 536 Å². The summed E-state index contributed by atoms with van der Waals surface area (Å²) in [5.74, 6) is -11.7. The van der Waals surface area contributed by atoms with Gasteiger partial charge in [0.15, 0.2) is 0 Å². The van der Waals surface area contributed by atoms with Gasteiger partial charge in [-0.15, -0.1) is 0 Å². The maximum Gasteiger partial charge on any atom is 0.305 e. The van der Waals surface area contributed by atoms with E-state index in [0.29, 0.717) is 44.4 Å². The van der Waals surface area contributed by atoms with E-state index in [4.69, 9.17) is 10.5 Å². The molecule has 27 nitrogen and oxygen atoms in total. The summed E-state index contributed by atoms with van der Waals surface area (Å²) in [6.45, 7) is 2.93. The smallest absolute Gasteiger partial charge is 0.305 e. The number of aromatic amines is 3. The highest BCUT2D eigenvalue weighted by Crippen LogP contribution is 2.34. The van der Waals surface area contributed by atoms with E-state index < -0.39 is 144 Å².